The van der Waals surface area contributed by atoms with Crippen LogP contribution in [0.15, 0.2) is 30.3 Å². The molecule has 0 unspecified atom stereocenters. The molecule has 0 amide bonds. The summed E-state index contributed by atoms with van der Waals surface area (Å²) in [5, 5.41) is 0. The van der Waals surface area contributed by atoms with Crippen molar-refractivity contribution < 1.29 is 14.3 Å². The second-order valence-corrected chi connectivity index (χ2v) is 4.37. The zero-order valence-corrected chi connectivity index (χ0v) is 10.3. The lowest BCUT2D eigenvalue weighted by molar-refractivity contribution is -0.144. The SMILES string of the molecule is CC(C)COC(=O)CCC(=O)c1ccccc1. The van der Waals surface area contributed by atoms with Gasteiger partial charge >= 0.3 is 5.97 Å². The van der Waals surface area contributed by atoms with Crippen LogP contribution >= 0.6 is 0 Å². The Hall–Kier alpha value is -1.64. The highest BCUT2D eigenvalue weighted by atomic mass is 16.5. The van der Waals surface area contributed by atoms with E-state index in [9.17, 15) is 9.59 Å². The fraction of sp³-hybridized carbons (Fsp3) is 0.429. The first kappa shape index (κ1) is 13.4. The Morgan fingerprint density at radius 2 is 1.76 bits per heavy atom. The van der Waals surface area contributed by atoms with E-state index in [1.165, 1.54) is 0 Å². The Morgan fingerprint density at radius 3 is 2.35 bits per heavy atom. The molecular formula is C14H18O3. The molecule has 0 fully saturated rings. The molecule has 17 heavy (non-hydrogen) atoms. The van der Waals surface area contributed by atoms with E-state index >= 15 is 0 Å². The van der Waals surface area contributed by atoms with Crippen molar-refractivity contribution in [1.82, 2.24) is 0 Å². The maximum absolute atomic E-state index is 11.7. The van der Waals surface area contributed by atoms with Crippen LogP contribution in [0.2, 0.25) is 0 Å². The first-order chi connectivity index (χ1) is 8.09. The van der Waals surface area contributed by atoms with Gasteiger partial charge in [-0.05, 0) is 5.92 Å². The van der Waals surface area contributed by atoms with Gasteiger partial charge in [0.05, 0.1) is 13.0 Å². The van der Waals surface area contributed by atoms with Crippen LogP contribution in [0.3, 0.4) is 0 Å². The van der Waals surface area contributed by atoms with Gasteiger partial charge in [0.25, 0.3) is 0 Å². The molecule has 0 bridgehead atoms. The number of benzene rings is 1. The van der Waals surface area contributed by atoms with Crippen molar-refractivity contribution in [3.8, 4) is 0 Å². The third kappa shape index (κ3) is 5.29. The molecule has 3 nitrogen and oxygen atoms in total. The van der Waals surface area contributed by atoms with E-state index in [1.54, 1.807) is 12.1 Å². The van der Waals surface area contributed by atoms with Crippen molar-refractivity contribution in [1.29, 1.82) is 0 Å². The van der Waals surface area contributed by atoms with E-state index in [0.717, 1.165) is 0 Å². The lowest BCUT2D eigenvalue weighted by Crippen LogP contribution is -2.11. The third-order valence-electron chi connectivity index (χ3n) is 2.23. The molecule has 0 aliphatic rings. The zero-order valence-electron chi connectivity index (χ0n) is 10.3. The Labute approximate surface area is 102 Å². The van der Waals surface area contributed by atoms with Crippen molar-refractivity contribution in [2.24, 2.45) is 5.92 Å². The number of ether oxygens (including phenoxy) is 1. The van der Waals surface area contributed by atoms with Crippen LogP contribution in [0.25, 0.3) is 0 Å². The minimum Gasteiger partial charge on any atom is -0.465 e. The van der Waals surface area contributed by atoms with Crippen molar-refractivity contribution in [2.75, 3.05) is 6.61 Å². The van der Waals surface area contributed by atoms with Gasteiger partial charge in [0.1, 0.15) is 0 Å². The number of rotatable bonds is 6. The Balaban J connectivity index is 2.31. The van der Waals surface area contributed by atoms with Crippen LogP contribution in [-0.4, -0.2) is 18.4 Å². The predicted octanol–water partition coefficient (Wildman–Crippen LogP) is 2.85. The molecule has 0 radical (unpaired) electrons. The Morgan fingerprint density at radius 1 is 1.12 bits per heavy atom. The molecule has 1 aromatic carbocycles. The molecule has 0 atom stereocenters. The lowest BCUT2D eigenvalue weighted by atomic mass is 10.1. The van der Waals surface area contributed by atoms with Gasteiger partial charge in [-0.3, -0.25) is 9.59 Å². The molecule has 0 saturated heterocycles. The van der Waals surface area contributed by atoms with Gasteiger partial charge in [-0.15, -0.1) is 0 Å². The van der Waals surface area contributed by atoms with E-state index in [2.05, 4.69) is 0 Å². The van der Waals surface area contributed by atoms with Crippen LogP contribution in [0.1, 0.15) is 37.0 Å². The molecule has 0 aliphatic heterocycles. The van der Waals surface area contributed by atoms with Crippen LogP contribution in [0, 0.1) is 5.92 Å². The topological polar surface area (TPSA) is 43.4 Å². The molecule has 0 aliphatic carbocycles. The summed E-state index contributed by atoms with van der Waals surface area (Å²) < 4.78 is 5.00. The van der Waals surface area contributed by atoms with Gasteiger partial charge in [0, 0.05) is 12.0 Å². The number of hydrogen-bond donors (Lipinski definition) is 0. The van der Waals surface area contributed by atoms with Crippen LogP contribution < -0.4 is 0 Å². The van der Waals surface area contributed by atoms with Crippen molar-refractivity contribution in [2.45, 2.75) is 26.7 Å². The molecule has 0 saturated carbocycles. The molecule has 1 aromatic rings. The summed E-state index contributed by atoms with van der Waals surface area (Å²) in [5.74, 6) is -0.00106. The van der Waals surface area contributed by atoms with E-state index in [0.29, 0.717) is 18.1 Å². The lowest BCUT2D eigenvalue weighted by Gasteiger charge is -2.06. The monoisotopic (exact) mass is 234 g/mol. The summed E-state index contributed by atoms with van der Waals surface area (Å²) >= 11 is 0. The number of hydrogen-bond acceptors (Lipinski definition) is 3. The summed E-state index contributed by atoms with van der Waals surface area (Å²) in [7, 11) is 0. The highest BCUT2D eigenvalue weighted by Crippen LogP contribution is 2.06. The highest BCUT2D eigenvalue weighted by molar-refractivity contribution is 5.97. The molecule has 3 heteroatoms. The molecule has 92 valence electrons. The molecule has 0 heterocycles. The van der Waals surface area contributed by atoms with Gasteiger partial charge in [0.15, 0.2) is 5.78 Å². The number of carbonyl (C=O) groups is 2. The predicted molar refractivity (Wildman–Crippen MR) is 65.8 cm³/mol. The van der Waals surface area contributed by atoms with E-state index in [-0.39, 0.29) is 24.6 Å². The number of esters is 1. The molecular weight excluding hydrogens is 216 g/mol. The molecule has 0 aromatic heterocycles. The van der Waals surface area contributed by atoms with E-state index < -0.39 is 0 Å². The van der Waals surface area contributed by atoms with Crippen LogP contribution in [0.4, 0.5) is 0 Å². The van der Waals surface area contributed by atoms with Gasteiger partial charge in [0.2, 0.25) is 0 Å². The minimum atomic E-state index is -0.303. The zero-order chi connectivity index (χ0) is 12.7. The molecule has 0 spiro atoms. The van der Waals surface area contributed by atoms with Gasteiger partial charge < -0.3 is 4.74 Å². The fourth-order valence-corrected chi connectivity index (χ4v) is 1.32. The standard InChI is InChI=1S/C14H18O3/c1-11(2)10-17-14(16)9-8-13(15)12-6-4-3-5-7-12/h3-7,11H,8-10H2,1-2H3. The maximum Gasteiger partial charge on any atom is 0.306 e. The largest absolute Gasteiger partial charge is 0.465 e. The third-order valence-corrected chi connectivity index (χ3v) is 2.23. The van der Waals surface area contributed by atoms with E-state index in [1.807, 2.05) is 32.0 Å². The molecule has 0 N–H and O–H groups in total. The minimum absolute atomic E-state index is 0.0212. The van der Waals surface area contributed by atoms with Crippen molar-refractivity contribution in [3.63, 3.8) is 0 Å². The fourth-order valence-electron chi connectivity index (χ4n) is 1.32. The first-order valence-corrected chi connectivity index (χ1v) is 5.83. The normalized spacial score (nSPS) is 10.3. The first-order valence-electron chi connectivity index (χ1n) is 5.83. The Bertz CT molecular complexity index is 368. The second kappa shape index (κ2) is 6.84. The number of ketones is 1. The summed E-state index contributed by atoms with van der Waals surface area (Å²) in [4.78, 5) is 23.0. The highest BCUT2D eigenvalue weighted by Gasteiger charge is 2.10. The number of Topliss-reactive ketones (excluding diaryl/α,β-unsaturated/α-hetero) is 1. The summed E-state index contributed by atoms with van der Waals surface area (Å²) in [6, 6.07) is 8.98. The van der Waals surface area contributed by atoms with Crippen molar-refractivity contribution >= 4 is 11.8 Å². The van der Waals surface area contributed by atoms with E-state index in [4.69, 9.17) is 4.74 Å². The number of carbonyl (C=O) groups excluding carboxylic acids is 2. The quantitative estimate of drug-likeness (QED) is 0.561. The molecule has 1 rings (SSSR count). The van der Waals surface area contributed by atoms with Crippen LogP contribution in [-0.2, 0) is 9.53 Å². The second-order valence-electron chi connectivity index (χ2n) is 4.37. The van der Waals surface area contributed by atoms with Crippen LogP contribution in [0.5, 0.6) is 0 Å². The average molecular weight is 234 g/mol. The summed E-state index contributed by atoms with van der Waals surface area (Å²) in [6.45, 7) is 4.36. The van der Waals surface area contributed by atoms with Gasteiger partial charge in [-0.1, -0.05) is 44.2 Å². The average Bonchev–Trinajstić information content (AvgIpc) is 2.34. The summed E-state index contributed by atoms with van der Waals surface area (Å²) in [5.41, 5.74) is 0.643. The Kier molecular flexibility index (Phi) is 5.40. The van der Waals surface area contributed by atoms with Gasteiger partial charge in [-0.2, -0.15) is 0 Å². The van der Waals surface area contributed by atoms with Crippen molar-refractivity contribution in [3.05, 3.63) is 35.9 Å². The summed E-state index contributed by atoms with van der Waals surface area (Å²) in [6.07, 6.45) is 0.362. The maximum atomic E-state index is 11.7. The smallest absolute Gasteiger partial charge is 0.306 e. The van der Waals surface area contributed by atoms with Gasteiger partial charge in [-0.25, -0.2) is 0 Å².